The highest BCUT2D eigenvalue weighted by Gasteiger charge is 2.07. The van der Waals surface area contributed by atoms with Crippen molar-refractivity contribution in [3.05, 3.63) is 0 Å². The fourth-order valence-electron chi connectivity index (χ4n) is 2.04. The van der Waals surface area contributed by atoms with Gasteiger partial charge in [0.25, 0.3) is 0 Å². The van der Waals surface area contributed by atoms with Crippen LogP contribution in [0.1, 0.15) is 71.6 Å². The van der Waals surface area contributed by atoms with Gasteiger partial charge in [-0.3, -0.25) is 9.59 Å². The molecule has 2 unspecified atom stereocenters. The van der Waals surface area contributed by atoms with Gasteiger partial charge in [0.2, 0.25) is 0 Å². The zero-order chi connectivity index (χ0) is 17.5. The van der Waals surface area contributed by atoms with Crippen LogP contribution in [-0.4, -0.2) is 33.0 Å². The highest BCUT2D eigenvalue weighted by atomic mass is 127. The van der Waals surface area contributed by atoms with Gasteiger partial charge in [0.05, 0.1) is 26.1 Å². The van der Waals surface area contributed by atoms with Gasteiger partial charge in [0.1, 0.15) is 0 Å². The third kappa shape index (κ3) is 18.6. The molecule has 0 aliphatic rings. The van der Waals surface area contributed by atoms with Crippen LogP contribution in [0.2, 0.25) is 0 Å². The number of carbonyl (C=O) groups excluding carboxylic acids is 2. The average Bonchev–Trinajstić information content (AvgIpc) is 2.43. The molecule has 0 N–H and O–H groups in total. The molecule has 0 aliphatic heterocycles. The van der Waals surface area contributed by atoms with Gasteiger partial charge in [-0.25, -0.2) is 0 Å². The minimum atomic E-state index is -0.0848. The Kier molecular flexibility index (Phi) is 16.2. The van der Waals surface area contributed by atoms with E-state index in [1.54, 1.807) is 0 Å². The Labute approximate surface area is 168 Å². The molecular weight excluding hydrogens is 522 g/mol. The fourth-order valence-corrected chi connectivity index (χ4v) is 2.76. The Morgan fingerprint density at radius 1 is 0.696 bits per heavy atom. The Bertz CT molecular complexity index is 290. The molecule has 0 aromatic heterocycles. The lowest BCUT2D eigenvalue weighted by Crippen LogP contribution is -2.09. The number of unbranched alkanes of at least 4 members (excludes halogenated alkanes) is 6. The maximum absolute atomic E-state index is 11.3. The van der Waals surface area contributed by atoms with Gasteiger partial charge < -0.3 is 9.47 Å². The maximum Gasteiger partial charge on any atom is 0.306 e. The van der Waals surface area contributed by atoms with E-state index in [-0.39, 0.29) is 11.9 Å². The van der Waals surface area contributed by atoms with Crippen LogP contribution >= 0.6 is 45.2 Å². The summed E-state index contributed by atoms with van der Waals surface area (Å²) in [5.41, 5.74) is 0. The number of alkyl halides is 2. The smallest absolute Gasteiger partial charge is 0.306 e. The molecule has 0 aromatic carbocycles. The van der Waals surface area contributed by atoms with Crippen molar-refractivity contribution >= 4 is 57.1 Å². The van der Waals surface area contributed by atoms with Crippen molar-refractivity contribution in [3.8, 4) is 0 Å². The Morgan fingerprint density at radius 3 is 1.30 bits per heavy atom. The van der Waals surface area contributed by atoms with Gasteiger partial charge in [-0.2, -0.15) is 0 Å². The van der Waals surface area contributed by atoms with Crippen LogP contribution < -0.4 is 0 Å². The van der Waals surface area contributed by atoms with Gasteiger partial charge in [0.15, 0.2) is 0 Å². The lowest BCUT2D eigenvalue weighted by Gasteiger charge is -2.07. The lowest BCUT2D eigenvalue weighted by molar-refractivity contribution is -0.144. The summed E-state index contributed by atoms with van der Waals surface area (Å²) in [6.07, 6.45) is 8.66. The molecule has 0 rings (SSSR count). The average molecular weight is 552 g/mol. The summed E-state index contributed by atoms with van der Waals surface area (Å²) in [6, 6.07) is 0. The van der Waals surface area contributed by atoms with Crippen LogP contribution in [0.25, 0.3) is 0 Å². The minimum Gasteiger partial charge on any atom is -0.466 e. The quantitative estimate of drug-likeness (QED) is 0.128. The number of ether oxygens (including phenoxy) is 2. The Morgan fingerprint density at radius 2 is 1.00 bits per heavy atom. The molecule has 2 atom stereocenters. The summed E-state index contributed by atoms with van der Waals surface area (Å²) in [6.45, 7) is 5.11. The van der Waals surface area contributed by atoms with E-state index in [0.29, 0.717) is 33.9 Å². The molecule has 0 aliphatic carbocycles. The second-order valence-corrected chi connectivity index (χ2v) is 10.1. The largest absolute Gasteiger partial charge is 0.466 e. The van der Waals surface area contributed by atoms with Gasteiger partial charge in [-0.1, -0.05) is 91.1 Å². The molecule has 0 fully saturated rings. The second kappa shape index (κ2) is 15.9. The van der Waals surface area contributed by atoms with E-state index in [1.807, 2.05) is 13.8 Å². The molecule has 6 heteroatoms. The van der Waals surface area contributed by atoms with E-state index in [1.165, 1.54) is 19.3 Å². The zero-order valence-electron chi connectivity index (χ0n) is 14.3. The zero-order valence-corrected chi connectivity index (χ0v) is 18.6. The molecule has 0 aromatic rings. The first-order valence-electron chi connectivity index (χ1n) is 8.51. The highest BCUT2D eigenvalue weighted by molar-refractivity contribution is 14.1. The van der Waals surface area contributed by atoms with E-state index in [0.717, 1.165) is 25.7 Å². The van der Waals surface area contributed by atoms with Crippen molar-refractivity contribution in [2.75, 3.05) is 13.2 Å². The van der Waals surface area contributed by atoms with Crippen molar-refractivity contribution in [3.63, 3.8) is 0 Å². The number of halogens is 2. The number of carbonyl (C=O) groups is 2. The van der Waals surface area contributed by atoms with Crippen molar-refractivity contribution in [1.82, 2.24) is 0 Å². The molecule has 0 saturated heterocycles. The Balaban J connectivity index is 3.22. The summed E-state index contributed by atoms with van der Waals surface area (Å²) >= 11 is 4.46. The number of hydrogen-bond acceptors (Lipinski definition) is 4. The molecule has 0 radical (unpaired) electrons. The summed E-state index contributed by atoms with van der Waals surface area (Å²) in [5.74, 6) is -0.170. The third-order valence-corrected chi connectivity index (χ3v) is 4.09. The summed E-state index contributed by atoms with van der Waals surface area (Å²) in [5, 5.41) is 0. The van der Waals surface area contributed by atoms with Gasteiger partial charge >= 0.3 is 11.9 Å². The Hall–Kier alpha value is 0.400. The summed E-state index contributed by atoms with van der Waals surface area (Å²) in [4.78, 5) is 22.7. The van der Waals surface area contributed by atoms with Crippen LogP contribution in [0.3, 0.4) is 0 Å². The van der Waals surface area contributed by atoms with Gasteiger partial charge in [-0.05, 0) is 12.8 Å². The van der Waals surface area contributed by atoms with Crippen molar-refractivity contribution in [1.29, 1.82) is 0 Å². The molecule has 0 saturated carbocycles. The van der Waals surface area contributed by atoms with Crippen LogP contribution in [0.5, 0.6) is 0 Å². The standard InChI is InChI=1S/C17H30I2O4/c1-14(18)12-16(20)22-10-8-6-4-3-5-7-9-11-23-17(21)13-15(2)19/h14-15H,3-13H2,1-2H3. The van der Waals surface area contributed by atoms with Gasteiger partial charge in [0, 0.05) is 7.85 Å². The molecule has 136 valence electrons. The van der Waals surface area contributed by atoms with Crippen LogP contribution in [0, 0.1) is 0 Å². The molecule has 4 nitrogen and oxygen atoms in total. The van der Waals surface area contributed by atoms with Crippen LogP contribution in [0.4, 0.5) is 0 Å². The molecule has 0 spiro atoms. The van der Waals surface area contributed by atoms with Crippen molar-refractivity contribution in [2.45, 2.75) is 79.5 Å². The number of hydrogen-bond donors (Lipinski definition) is 0. The summed E-state index contributed by atoms with van der Waals surface area (Å²) < 4.78 is 11.0. The van der Waals surface area contributed by atoms with Crippen molar-refractivity contribution in [2.24, 2.45) is 0 Å². The molecule has 0 amide bonds. The first-order valence-corrected chi connectivity index (χ1v) is 11.0. The first kappa shape index (κ1) is 23.4. The number of esters is 2. The normalized spacial score (nSPS) is 13.4. The third-order valence-electron chi connectivity index (χ3n) is 3.21. The van der Waals surface area contributed by atoms with E-state index >= 15 is 0 Å². The first-order chi connectivity index (χ1) is 10.9. The SMILES string of the molecule is CC(I)CC(=O)OCCCCCCCCCOC(=O)CC(C)I. The minimum absolute atomic E-state index is 0.0848. The molecule has 0 heterocycles. The van der Waals surface area contributed by atoms with E-state index in [9.17, 15) is 9.59 Å². The molecule has 23 heavy (non-hydrogen) atoms. The molecular formula is C17H30I2O4. The summed E-state index contributed by atoms with van der Waals surface area (Å²) in [7, 11) is 0. The van der Waals surface area contributed by atoms with Crippen molar-refractivity contribution < 1.29 is 19.1 Å². The fraction of sp³-hybridized carbons (Fsp3) is 0.882. The lowest BCUT2D eigenvalue weighted by atomic mass is 10.1. The van der Waals surface area contributed by atoms with E-state index in [4.69, 9.17) is 9.47 Å². The monoisotopic (exact) mass is 552 g/mol. The van der Waals surface area contributed by atoms with Crippen LogP contribution in [-0.2, 0) is 19.1 Å². The maximum atomic E-state index is 11.3. The predicted molar refractivity (Wildman–Crippen MR) is 110 cm³/mol. The topological polar surface area (TPSA) is 52.6 Å². The molecule has 0 bridgehead atoms. The van der Waals surface area contributed by atoms with E-state index in [2.05, 4.69) is 45.2 Å². The number of rotatable bonds is 14. The van der Waals surface area contributed by atoms with Crippen LogP contribution in [0.15, 0.2) is 0 Å². The van der Waals surface area contributed by atoms with E-state index < -0.39 is 0 Å². The second-order valence-electron chi connectivity index (χ2n) is 5.89. The predicted octanol–water partition coefficient (Wildman–Crippen LogP) is 5.23. The highest BCUT2D eigenvalue weighted by Crippen LogP contribution is 2.10. The van der Waals surface area contributed by atoms with Gasteiger partial charge in [-0.15, -0.1) is 0 Å².